The minimum atomic E-state index is -1.24. The summed E-state index contributed by atoms with van der Waals surface area (Å²) in [6.45, 7) is 1.35. The predicted octanol–water partition coefficient (Wildman–Crippen LogP) is 0.396. The molecule has 1 aromatic carbocycles. The quantitative estimate of drug-likeness (QED) is 0.718. The molecular weight excluding hydrogens is 232 g/mol. The summed E-state index contributed by atoms with van der Waals surface area (Å²) >= 11 is 5.70. The first-order chi connectivity index (χ1) is 6.09. The first kappa shape index (κ1) is 14.0. The molecule has 0 bridgehead atoms. The third-order valence-electron chi connectivity index (χ3n) is 1.48. The monoisotopic (exact) mass is 239 g/mol. The molecule has 1 rings (SSSR count). The molecule has 0 unspecified atom stereocenters. The maximum Gasteiger partial charge on any atom is 2.00 e. The van der Waals surface area contributed by atoms with Gasteiger partial charge in [-0.15, -0.1) is 0 Å². The molecule has 0 amide bonds. The molecule has 0 saturated carbocycles. The van der Waals surface area contributed by atoms with Gasteiger partial charge in [-0.05, 0) is 30.7 Å². The average Bonchev–Trinajstić information content (AvgIpc) is 2.02. The summed E-state index contributed by atoms with van der Waals surface area (Å²) in [5.41, 5.74) is 0.800. The van der Waals surface area contributed by atoms with E-state index in [2.05, 4.69) is 0 Å². The van der Waals surface area contributed by atoms with Crippen molar-refractivity contribution in [2.24, 2.45) is 0 Å². The van der Waals surface area contributed by atoms with Crippen LogP contribution in [-0.4, -0.2) is 50.3 Å². The van der Waals surface area contributed by atoms with E-state index in [1.165, 1.54) is 0 Å². The van der Waals surface area contributed by atoms with E-state index in [9.17, 15) is 9.90 Å². The fourth-order valence-electron chi connectivity index (χ4n) is 0.911. The summed E-state index contributed by atoms with van der Waals surface area (Å²) < 4.78 is 4.93. The number of aryl methyl sites for hydroxylation is 1. The van der Waals surface area contributed by atoms with Crippen molar-refractivity contribution in [3.63, 3.8) is 0 Å². The van der Waals surface area contributed by atoms with Crippen molar-refractivity contribution in [3.05, 3.63) is 28.8 Å². The van der Waals surface area contributed by atoms with E-state index < -0.39 is 12.6 Å². The molecule has 3 nitrogen and oxygen atoms in total. The van der Waals surface area contributed by atoms with Crippen molar-refractivity contribution in [1.82, 2.24) is 0 Å². The fourth-order valence-corrected chi connectivity index (χ4v) is 1.14. The molecule has 70 valence electrons. The topological polar surface area (TPSA) is 49.4 Å². The van der Waals surface area contributed by atoms with Gasteiger partial charge in [0.25, 0.3) is 0 Å². The van der Waals surface area contributed by atoms with E-state index in [-0.39, 0.29) is 37.7 Å². The fraction of sp³-hybridized carbons (Fsp3) is 0.222. The average molecular weight is 240 g/mol. The Labute approximate surface area is 117 Å². The van der Waals surface area contributed by atoms with E-state index in [4.69, 9.17) is 16.3 Å². The zero-order valence-electron chi connectivity index (χ0n) is 7.75. The molecule has 0 fully saturated rings. The second kappa shape index (κ2) is 6.51. The number of aliphatic carboxylic acids is 1. The number of carboxylic acid groups (broad SMARTS) is 1. The molecule has 1 aromatic rings. The van der Waals surface area contributed by atoms with Crippen LogP contribution >= 0.6 is 11.6 Å². The smallest absolute Gasteiger partial charge is 0.546 e. The second-order valence-corrected chi connectivity index (χ2v) is 3.01. The number of carbonyl (C=O) groups is 1. The number of carbonyl (C=O) groups excluding carboxylic acids is 1. The molecule has 0 heterocycles. The third-order valence-corrected chi connectivity index (χ3v) is 1.72. The number of carboxylic acids is 1. The zero-order valence-corrected chi connectivity index (χ0v) is 10.7. The van der Waals surface area contributed by atoms with E-state index in [0.717, 1.165) is 5.56 Å². The standard InChI is InChI=1S/C9H9ClO3.Ca/c1-6-4-7(10)2-3-8(6)13-5-9(11)12;/h2-4H,5H2,1H3,(H,11,12);/q;+2/p-1. The minimum Gasteiger partial charge on any atom is -0.546 e. The maximum atomic E-state index is 10.1. The van der Waals surface area contributed by atoms with Crippen molar-refractivity contribution in [2.45, 2.75) is 6.92 Å². The molecule has 0 spiro atoms. The van der Waals surface area contributed by atoms with Gasteiger partial charge in [-0.2, -0.15) is 0 Å². The first-order valence-corrected chi connectivity index (χ1v) is 4.06. The summed E-state index contributed by atoms with van der Waals surface area (Å²) in [6, 6.07) is 4.96. The van der Waals surface area contributed by atoms with Crippen LogP contribution in [0.25, 0.3) is 0 Å². The first-order valence-electron chi connectivity index (χ1n) is 3.68. The molecule has 0 atom stereocenters. The Balaban J connectivity index is 0.00000169. The van der Waals surface area contributed by atoms with Crippen LogP contribution in [0.3, 0.4) is 0 Å². The minimum absolute atomic E-state index is 0. The molecule has 0 aliphatic carbocycles. The molecule has 0 N–H and O–H groups in total. The van der Waals surface area contributed by atoms with Gasteiger partial charge in [0.05, 0.1) is 5.97 Å². The molecule has 5 heteroatoms. The Hall–Kier alpha value is 0.0397. The van der Waals surface area contributed by atoms with Crippen molar-refractivity contribution in [2.75, 3.05) is 6.61 Å². The molecular formula is C9H8CaClO3+. The number of benzene rings is 1. The van der Waals surface area contributed by atoms with Crippen LogP contribution in [0.1, 0.15) is 5.56 Å². The van der Waals surface area contributed by atoms with Crippen LogP contribution in [-0.2, 0) is 4.79 Å². The SMILES string of the molecule is Cc1cc(Cl)ccc1OCC(=O)[O-].[Ca+2]. The van der Waals surface area contributed by atoms with Gasteiger partial charge in [0.15, 0.2) is 0 Å². The van der Waals surface area contributed by atoms with Gasteiger partial charge in [0, 0.05) is 5.02 Å². The predicted molar refractivity (Wildman–Crippen MR) is 52.4 cm³/mol. The van der Waals surface area contributed by atoms with Gasteiger partial charge < -0.3 is 14.6 Å². The van der Waals surface area contributed by atoms with Crippen molar-refractivity contribution >= 4 is 55.3 Å². The number of hydrogen-bond acceptors (Lipinski definition) is 3. The summed E-state index contributed by atoms with van der Waals surface area (Å²) in [7, 11) is 0. The van der Waals surface area contributed by atoms with E-state index >= 15 is 0 Å². The maximum absolute atomic E-state index is 10.1. The molecule has 0 aliphatic rings. The van der Waals surface area contributed by atoms with Gasteiger partial charge >= 0.3 is 37.7 Å². The third kappa shape index (κ3) is 4.51. The summed E-state index contributed by atoms with van der Waals surface area (Å²) in [5, 5.41) is 10.7. The number of rotatable bonds is 3. The summed E-state index contributed by atoms with van der Waals surface area (Å²) in [4.78, 5) is 10.1. The normalized spacial score (nSPS) is 9.00. The van der Waals surface area contributed by atoms with Gasteiger partial charge in [0.2, 0.25) is 0 Å². The van der Waals surface area contributed by atoms with Crippen LogP contribution in [0.4, 0.5) is 0 Å². The number of halogens is 1. The van der Waals surface area contributed by atoms with Crippen LogP contribution in [0.15, 0.2) is 18.2 Å². The summed E-state index contributed by atoms with van der Waals surface area (Å²) in [5.74, 6) is -0.733. The van der Waals surface area contributed by atoms with Crippen molar-refractivity contribution in [1.29, 1.82) is 0 Å². The Kier molecular flexibility index (Phi) is 6.53. The molecule has 0 saturated heterocycles. The Bertz CT molecular complexity index is 328. The van der Waals surface area contributed by atoms with E-state index in [0.29, 0.717) is 10.8 Å². The largest absolute Gasteiger partial charge is 2.00 e. The van der Waals surface area contributed by atoms with Crippen molar-refractivity contribution in [3.8, 4) is 5.75 Å². The Morgan fingerprint density at radius 2 is 2.21 bits per heavy atom. The van der Waals surface area contributed by atoms with Crippen LogP contribution in [0, 0.1) is 6.92 Å². The van der Waals surface area contributed by atoms with E-state index in [1.807, 2.05) is 0 Å². The van der Waals surface area contributed by atoms with Gasteiger partial charge in [-0.1, -0.05) is 11.6 Å². The van der Waals surface area contributed by atoms with Gasteiger partial charge in [-0.3, -0.25) is 0 Å². The van der Waals surface area contributed by atoms with Gasteiger partial charge in [0.1, 0.15) is 12.4 Å². The Morgan fingerprint density at radius 3 is 2.71 bits per heavy atom. The number of hydrogen-bond donors (Lipinski definition) is 0. The zero-order chi connectivity index (χ0) is 9.84. The number of ether oxygens (including phenoxy) is 1. The van der Waals surface area contributed by atoms with E-state index in [1.54, 1.807) is 25.1 Å². The van der Waals surface area contributed by atoms with Crippen LogP contribution in [0.5, 0.6) is 5.75 Å². The second-order valence-electron chi connectivity index (χ2n) is 2.57. The molecule has 0 aromatic heterocycles. The molecule has 0 radical (unpaired) electrons. The van der Waals surface area contributed by atoms with Gasteiger partial charge in [-0.25, -0.2) is 0 Å². The molecule has 0 aliphatic heterocycles. The molecule has 14 heavy (non-hydrogen) atoms. The van der Waals surface area contributed by atoms with Crippen LogP contribution < -0.4 is 9.84 Å². The van der Waals surface area contributed by atoms with Crippen LogP contribution in [0.2, 0.25) is 5.02 Å². The Morgan fingerprint density at radius 1 is 1.57 bits per heavy atom. The van der Waals surface area contributed by atoms with Crippen molar-refractivity contribution < 1.29 is 14.6 Å². The summed E-state index contributed by atoms with van der Waals surface area (Å²) in [6.07, 6.45) is 0.